The molecule has 1 saturated heterocycles. The largest absolute Gasteiger partial charge is 0.416 e. The summed E-state index contributed by atoms with van der Waals surface area (Å²) in [5.41, 5.74) is 5.67. The predicted molar refractivity (Wildman–Crippen MR) is 85.3 cm³/mol. The maximum absolute atomic E-state index is 12.7. The average Bonchev–Trinajstić information content (AvgIpc) is 2.46. The van der Waals surface area contributed by atoms with Gasteiger partial charge in [-0.2, -0.15) is 13.2 Å². The van der Waals surface area contributed by atoms with Gasteiger partial charge in [-0.25, -0.2) is 0 Å². The van der Waals surface area contributed by atoms with Crippen molar-refractivity contribution in [1.29, 1.82) is 0 Å². The lowest BCUT2D eigenvalue weighted by molar-refractivity contribution is -0.137. The molecule has 0 spiro atoms. The summed E-state index contributed by atoms with van der Waals surface area (Å²) < 4.78 is 38.1. The first-order valence-corrected chi connectivity index (χ1v) is 7.48. The zero-order valence-corrected chi connectivity index (χ0v) is 13.8. The molecule has 1 fully saturated rings. The minimum atomic E-state index is -4.35. The van der Waals surface area contributed by atoms with Gasteiger partial charge in [0.2, 0.25) is 5.91 Å². The third-order valence-corrected chi connectivity index (χ3v) is 4.07. The number of hydrogen-bond acceptors (Lipinski definition) is 2. The van der Waals surface area contributed by atoms with Crippen LogP contribution < -0.4 is 5.73 Å². The molecule has 0 radical (unpaired) electrons. The van der Waals surface area contributed by atoms with Crippen LogP contribution >= 0.6 is 12.4 Å². The third-order valence-electron chi connectivity index (χ3n) is 4.07. The van der Waals surface area contributed by atoms with E-state index in [4.69, 9.17) is 5.73 Å². The number of alkyl halides is 3. The molecule has 0 aliphatic carbocycles. The Kier molecular flexibility index (Phi) is 6.89. The van der Waals surface area contributed by atoms with Crippen molar-refractivity contribution in [2.75, 3.05) is 13.1 Å². The highest BCUT2D eigenvalue weighted by Crippen LogP contribution is 2.30. The van der Waals surface area contributed by atoms with E-state index in [1.165, 1.54) is 6.07 Å². The van der Waals surface area contributed by atoms with Crippen LogP contribution in [0.1, 0.15) is 30.9 Å². The van der Waals surface area contributed by atoms with E-state index in [2.05, 4.69) is 0 Å². The summed E-state index contributed by atoms with van der Waals surface area (Å²) in [5.74, 6) is -0.345. The standard InChI is InChI=1S/C16H21F3N2O.ClH/c1-11(15(22)21-7-5-14(20)6-8-21)9-12-3-2-4-13(10-12)16(17,18)19;/h2-4,10-11,14H,5-9,20H2,1H3;1H. The van der Waals surface area contributed by atoms with Gasteiger partial charge in [0.1, 0.15) is 0 Å². The number of rotatable bonds is 3. The number of nitrogens with two attached hydrogens (primary N) is 1. The van der Waals surface area contributed by atoms with Crippen molar-refractivity contribution in [2.45, 2.75) is 38.4 Å². The van der Waals surface area contributed by atoms with Crippen LogP contribution in [-0.4, -0.2) is 29.9 Å². The highest BCUT2D eigenvalue weighted by Gasteiger charge is 2.31. The molecule has 1 unspecified atom stereocenters. The molecular weight excluding hydrogens is 329 g/mol. The molecule has 1 aliphatic heterocycles. The van der Waals surface area contributed by atoms with E-state index < -0.39 is 11.7 Å². The van der Waals surface area contributed by atoms with Crippen LogP contribution in [0.2, 0.25) is 0 Å². The van der Waals surface area contributed by atoms with Gasteiger partial charge in [0.15, 0.2) is 0 Å². The van der Waals surface area contributed by atoms with Gasteiger partial charge in [0.05, 0.1) is 5.56 Å². The van der Waals surface area contributed by atoms with E-state index in [1.807, 2.05) is 0 Å². The number of amides is 1. The van der Waals surface area contributed by atoms with Gasteiger partial charge in [-0.3, -0.25) is 4.79 Å². The summed E-state index contributed by atoms with van der Waals surface area (Å²) in [6.07, 6.45) is -2.48. The zero-order chi connectivity index (χ0) is 16.3. The highest BCUT2D eigenvalue weighted by atomic mass is 35.5. The maximum Gasteiger partial charge on any atom is 0.416 e. The van der Waals surface area contributed by atoms with E-state index >= 15 is 0 Å². The van der Waals surface area contributed by atoms with Gasteiger partial charge in [-0.15, -0.1) is 12.4 Å². The summed E-state index contributed by atoms with van der Waals surface area (Å²) in [5, 5.41) is 0. The van der Waals surface area contributed by atoms with Crippen molar-refractivity contribution in [1.82, 2.24) is 4.90 Å². The van der Waals surface area contributed by atoms with Gasteiger partial charge in [-0.1, -0.05) is 25.1 Å². The van der Waals surface area contributed by atoms with Crippen molar-refractivity contribution in [3.8, 4) is 0 Å². The SMILES string of the molecule is CC(Cc1cccc(C(F)(F)F)c1)C(=O)N1CCC(N)CC1.Cl. The van der Waals surface area contributed by atoms with Gasteiger partial charge in [0.25, 0.3) is 0 Å². The van der Waals surface area contributed by atoms with Crippen LogP contribution in [0.4, 0.5) is 13.2 Å². The number of halogens is 4. The molecule has 2 N–H and O–H groups in total. The van der Waals surface area contributed by atoms with E-state index in [9.17, 15) is 18.0 Å². The van der Waals surface area contributed by atoms with Gasteiger partial charge >= 0.3 is 6.18 Å². The van der Waals surface area contributed by atoms with Gasteiger partial charge in [-0.05, 0) is 30.9 Å². The second kappa shape index (κ2) is 8.02. The zero-order valence-electron chi connectivity index (χ0n) is 13.0. The van der Waals surface area contributed by atoms with Crippen molar-refractivity contribution in [3.63, 3.8) is 0 Å². The van der Waals surface area contributed by atoms with Crippen molar-refractivity contribution in [2.24, 2.45) is 11.7 Å². The number of hydrogen-bond donors (Lipinski definition) is 1. The number of carbonyl (C=O) groups is 1. The van der Waals surface area contributed by atoms with Crippen molar-refractivity contribution in [3.05, 3.63) is 35.4 Å². The maximum atomic E-state index is 12.7. The minimum absolute atomic E-state index is 0. The van der Waals surface area contributed by atoms with Crippen LogP contribution in [0, 0.1) is 5.92 Å². The molecule has 0 bridgehead atoms. The lowest BCUT2D eigenvalue weighted by Gasteiger charge is -2.32. The van der Waals surface area contributed by atoms with Crippen molar-refractivity contribution >= 4 is 18.3 Å². The first kappa shape index (κ1) is 19.8. The molecule has 1 aromatic rings. The molecule has 0 aromatic heterocycles. The van der Waals surface area contributed by atoms with Crippen LogP contribution in [-0.2, 0) is 17.4 Å². The molecule has 1 heterocycles. The van der Waals surface area contributed by atoms with Crippen molar-refractivity contribution < 1.29 is 18.0 Å². The molecular formula is C16H22ClF3N2O. The molecule has 7 heteroatoms. The molecule has 1 aliphatic rings. The molecule has 2 rings (SSSR count). The number of nitrogens with zero attached hydrogens (tertiary/aromatic N) is 1. The molecule has 1 amide bonds. The fraction of sp³-hybridized carbons (Fsp3) is 0.562. The fourth-order valence-electron chi connectivity index (χ4n) is 2.75. The molecule has 3 nitrogen and oxygen atoms in total. The van der Waals surface area contributed by atoms with Crippen LogP contribution in [0.5, 0.6) is 0 Å². The normalized spacial score (nSPS) is 17.5. The molecule has 0 saturated carbocycles. The number of likely N-dealkylation sites (tertiary alicyclic amines) is 1. The first-order chi connectivity index (χ1) is 10.3. The first-order valence-electron chi connectivity index (χ1n) is 7.48. The summed E-state index contributed by atoms with van der Waals surface area (Å²) in [4.78, 5) is 14.1. The Morgan fingerprint density at radius 3 is 2.52 bits per heavy atom. The van der Waals surface area contributed by atoms with E-state index in [0.29, 0.717) is 25.1 Å². The summed E-state index contributed by atoms with van der Waals surface area (Å²) in [6, 6.07) is 5.32. The van der Waals surface area contributed by atoms with Crippen LogP contribution in [0.25, 0.3) is 0 Å². The molecule has 1 atom stereocenters. The lowest BCUT2D eigenvalue weighted by atomic mass is 9.96. The predicted octanol–water partition coefficient (Wildman–Crippen LogP) is 3.26. The number of benzene rings is 1. The van der Waals surface area contributed by atoms with E-state index in [0.717, 1.165) is 25.0 Å². The number of piperidine rings is 1. The Labute approximate surface area is 140 Å². The monoisotopic (exact) mass is 350 g/mol. The third kappa shape index (κ3) is 5.39. The Balaban J connectivity index is 0.00000264. The summed E-state index contributed by atoms with van der Waals surface area (Å²) in [6.45, 7) is 3.02. The Morgan fingerprint density at radius 2 is 1.96 bits per heavy atom. The number of carbonyl (C=O) groups excluding carboxylic acids is 1. The average molecular weight is 351 g/mol. The lowest BCUT2D eigenvalue weighted by Crippen LogP contribution is -2.45. The smallest absolute Gasteiger partial charge is 0.342 e. The van der Waals surface area contributed by atoms with Crippen LogP contribution in [0.3, 0.4) is 0 Å². The topological polar surface area (TPSA) is 46.3 Å². The Bertz CT molecular complexity index is 528. The second-order valence-electron chi connectivity index (χ2n) is 5.97. The minimum Gasteiger partial charge on any atom is -0.342 e. The highest BCUT2D eigenvalue weighted by molar-refractivity contribution is 5.85. The quantitative estimate of drug-likeness (QED) is 0.909. The molecule has 23 heavy (non-hydrogen) atoms. The molecule has 1 aromatic carbocycles. The fourth-order valence-corrected chi connectivity index (χ4v) is 2.75. The van der Waals surface area contributed by atoms with Gasteiger partial charge < -0.3 is 10.6 Å². The summed E-state index contributed by atoms with van der Waals surface area (Å²) in [7, 11) is 0. The van der Waals surface area contributed by atoms with E-state index in [-0.39, 0.29) is 30.3 Å². The van der Waals surface area contributed by atoms with Gasteiger partial charge in [0, 0.05) is 25.0 Å². The Morgan fingerprint density at radius 1 is 1.35 bits per heavy atom. The summed E-state index contributed by atoms with van der Waals surface area (Å²) >= 11 is 0. The molecule has 130 valence electrons. The van der Waals surface area contributed by atoms with Crippen LogP contribution in [0.15, 0.2) is 24.3 Å². The Hall–Kier alpha value is -1.27. The van der Waals surface area contributed by atoms with E-state index in [1.54, 1.807) is 17.9 Å². The second-order valence-corrected chi connectivity index (χ2v) is 5.97.